The van der Waals surface area contributed by atoms with E-state index in [9.17, 15) is 4.79 Å². The summed E-state index contributed by atoms with van der Waals surface area (Å²) < 4.78 is 7.40. The molecule has 5 heteroatoms. The minimum Gasteiger partial charge on any atom is -0.494 e. The lowest BCUT2D eigenvalue weighted by Crippen LogP contribution is -2.08. The monoisotopic (exact) mass is 361 g/mol. The predicted molar refractivity (Wildman–Crippen MR) is 108 cm³/mol. The van der Waals surface area contributed by atoms with Gasteiger partial charge in [0.15, 0.2) is 0 Å². The predicted octanol–water partition coefficient (Wildman–Crippen LogP) is 4.37. The standard InChI is InChI=1S/C22H23N3O2/c1-2-15-27-21-10-7-18(8-11-21)9-12-22(26)24-20-6-3-5-19(16-20)17-25-14-4-13-23-25/h3-14,16H,2,15,17H2,1H3,(H,24,26)/b12-9+. The van der Waals surface area contributed by atoms with Crippen molar-refractivity contribution in [3.8, 4) is 5.75 Å². The highest BCUT2D eigenvalue weighted by atomic mass is 16.5. The van der Waals surface area contributed by atoms with Crippen molar-refractivity contribution in [1.29, 1.82) is 0 Å². The Morgan fingerprint density at radius 2 is 2.04 bits per heavy atom. The molecule has 5 nitrogen and oxygen atoms in total. The molecule has 3 aromatic rings. The van der Waals surface area contributed by atoms with Crippen LogP contribution in [0.15, 0.2) is 73.1 Å². The van der Waals surface area contributed by atoms with Crippen LogP contribution >= 0.6 is 0 Å². The van der Waals surface area contributed by atoms with Crippen LogP contribution in [0, 0.1) is 0 Å². The Bertz CT molecular complexity index is 884. The molecule has 1 amide bonds. The van der Waals surface area contributed by atoms with E-state index in [1.54, 1.807) is 12.3 Å². The first-order chi connectivity index (χ1) is 13.2. The van der Waals surface area contributed by atoms with Crippen LogP contribution in [0.4, 0.5) is 5.69 Å². The highest BCUT2D eigenvalue weighted by molar-refractivity contribution is 6.01. The van der Waals surface area contributed by atoms with Crippen molar-refractivity contribution in [1.82, 2.24) is 9.78 Å². The van der Waals surface area contributed by atoms with Crippen LogP contribution < -0.4 is 10.1 Å². The smallest absolute Gasteiger partial charge is 0.248 e. The van der Waals surface area contributed by atoms with E-state index in [0.717, 1.165) is 29.0 Å². The zero-order valence-electron chi connectivity index (χ0n) is 15.3. The molecule has 3 rings (SSSR count). The number of carbonyl (C=O) groups is 1. The number of hydrogen-bond donors (Lipinski definition) is 1. The SMILES string of the molecule is CCCOc1ccc(/C=C/C(=O)Nc2cccc(Cn3cccn3)c2)cc1. The van der Waals surface area contributed by atoms with E-state index >= 15 is 0 Å². The van der Waals surface area contributed by atoms with Gasteiger partial charge in [-0.3, -0.25) is 9.48 Å². The maximum absolute atomic E-state index is 12.2. The van der Waals surface area contributed by atoms with Crippen LogP contribution in [0.25, 0.3) is 6.08 Å². The molecule has 0 radical (unpaired) electrons. The van der Waals surface area contributed by atoms with Crippen LogP contribution in [0.1, 0.15) is 24.5 Å². The molecule has 1 aromatic heterocycles. The molecule has 0 unspecified atom stereocenters. The zero-order chi connectivity index (χ0) is 18.9. The first-order valence-corrected chi connectivity index (χ1v) is 9.01. The number of nitrogens with one attached hydrogen (secondary N) is 1. The van der Waals surface area contributed by atoms with Crippen LogP contribution in [0.2, 0.25) is 0 Å². The molecule has 0 aliphatic rings. The maximum Gasteiger partial charge on any atom is 0.248 e. The van der Waals surface area contributed by atoms with Crippen molar-refractivity contribution in [2.45, 2.75) is 19.9 Å². The van der Waals surface area contributed by atoms with Crippen molar-refractivity contribution in [3.63, 3.8) is 0 Å². The maximum atomic E-state index is 12.2. The average molecular weight is 361 g/mol. The number of benzene rings is 2. The highest BCUT2D eigenvalue weighted by Crippen LogP contribution is 2.14. The lowest BCUT2D eigenvalue weighted by Gasteiger charge is -2.06. The summed E-state index contributed by atoms with van der Waals surface area (Å²) in [6.45, 7) is 3.44. The molecule has 0 saturated carbocycles. The van der Waals surface area contributed by atoms with Gasteiger partial charge in [0, 0.05) is 24.2 Å². The molecular weight excluding hydrogens is 338 g/mol. The van der Waals surface area contributed by atoms with Crippen molar-refractivity contribution >= 4 is 17.7 Å². The fourth-order valence-corrected chi connectivity index (χ4v) is 2.58. The molecule has 0 bridgehead atoms. The Morgan fingerprint density at radius 3 is 2.78 bits per heavy atom. The van der Waals surface area contributed by atoms with E-state index < -0.39 is 0 Å². The Balaban J connectivity index is 1.56. The number of anilines is 1. The number of carbonyl (C=O) groups excluding carboxylic acids is 1. The molecule has 138 valence electrons. The first-order valence-electron chi connectivity index (χ1n) is 9.01. The number of rotatable bonds is 8. The van der Waals surface area contributed by atoms with Crippen molar-refractivity contribution < 1.29 is 9.53 Å². The van der Waals surface area contributed by atoms with Gasteiger partial charge in [0.25, 0.3) is 0 Å². The Morgan fingerprint density at radius 1 is 1.19 bits per heavy atom. The lowest BCUT2D eigenvalue weighted by molar-refractivity contribution is -0.111. The molecule has 0 saturated heterocycles. The minimum atomic E-state index is -0.169. The second kappa shape index (κ2) is 9.38. The Hall–Kier alpha value is -3.34. The summed E-state index contributed by atoms with van der Waals surface area (Å²) in [6.07, 6.45) is 7.95. The third-order valence-electron chi connectivity index (χ3n) is 3.88. The van der Waals surface area contributed by atoms with Gasteiger partial charge in [-0.15, -0.1) is 0 Å². The molecule has 1 N–H and O–H groups in total. The average Bonchev–Trinajstić information content (AvgIpc) is 3.19. The first kappa shape index (κ1) is 18.5. The summed E-state index contributed by atoms with van der Waals surface area (Å²) in [6, 6.07) is 17.3. The molecule has 27 heavy (non-hydrogen) atoms. The van der Waals surface area contributed by atoms with E-state index in [2.05, 4.69) is 17.3 Å². The molecule has 0 fully saturated rings. The van der Waals surface area contributed by atoms with Crippen molar-refractivity contribution in [2.75, 3.05) is 11.9 Å². The van der Waals surface area contributed by atoms with Gasteiger partial charge in [-0.1, -0.05) is 31.2 Å². The van der Waals surface area contributed by atoms with Crippen molar-refractivity contribution in [2.24, 2.45) is 0 Å². The second-order valence-electron chi connectivity index (χ2n) is 6.14. The van der Waals surface area contributed by atoms with Crippen LogP contribution in [-0.4, -0.2) is 22.3 Å². The van der Waals surface area contributed by atoms with E-state index in [-0.39, 0.29) is 5.91 Å². The fraction of sp³-hybridized carbons (Fsp3) is 0.182. The second-order valence-corrected chi connectivity index (χ2v) is 6.14. The molecule has 1 heterocycles. The van der Waals surface area contributed by atoms with Gasteiger partial charge < -0.3 is 10.1 Å². The van der Waals surface area contributed by atoms with Crippen LogP contribution in [0.5, 0.6) is 5.75 Å². The summed E-state index contributed by atoms with van der Waals surface area (Å²) in [5, 5.41) is 7.09. The van der Waals surface area contributed by atoms with E-state index in [4.69, 9.17) is 4.74 Å². The van der Waals surface area contributed by atoms with Crippen molar-refractivity contribution in [3.05, 3.63) is 84.2 Å². The highest BCUT2D eigenvalue weighted by Gasteiger charge is 2.01. The van der Waals surface area contributed by atoms with E-state index in [1.165, 1.54) is 6.08 Å². The molecule has 0 atom stereocenters. The number of aromatic nitrogens is 2. The third kappa shape index (κ3) is 5.85. The number of amides is 1. The van der Waals surface area contributed by atoms with Gasteiger partial charge in [0.05, 0.1) is 13.2 Å². The molecule has 2 aromatic carbocycles. The lowest BCUT2D eigenvalue weighted by atomic mass is 10.2. The summed E-state index contributed by atoms with van der Waals surface area (Å²) in [4.78, 5) is 12.2. The Kier molecular flexibility index (Phi) is 6.41. The van der Waals surface area contributed by atoms with Gasteiger partial charge in [-0.25, -0.2) is 0 Å². The Labute approximate surface area is 159 Å². The van der Waals surface area contributed by atoms with E-state index in [0.29, 0.717) is 13.2 Å². The number of nitrogens with zero attached hydrogens (tertiary/aromatic N) is 2. The van der Waals surface area contributed by atoms with Crippen LogP contribution in [0.3, 0.4) is 0 Å². The fourth-order valence-electron chi connectivity index (χ4n) is 2.58. The quantitative estimate of drug-likeness (QED) is 0.606. The summed E-state index contributed by atoms with van der Waals surface area (Å²) >= 11 is 0. The molecule has 0 aliphatic heterocycles. The van der Waals surface area contributed by atoms with Gasteiger partial charge in [-0.2, -0.15) is 5.10 Å². The third-order valence-corrected chi connectivity index (χ3v) is 3.88. The molecule has 0 aliphatic carbocycles. The van der Waals surface area contributed by atoms with E-state index in [1.807, 2.05) is 65.5 Å². The van der Waals surface area contributed by atoms with Crippen LogP contribution in [-0.2, 0) is 11.3 Å². The minimum absolute atomic E-state index is 0.169. The topological polar surface area (TPSA) is 56.1 Å². The summed E-state index contributed by atoms with van der Waals surface area (Å²) in [5.74, 6) is 0.671. The van der Waals surface area contributed by atoms with Gasteiger partial charge >= 0.3 is 0 Å². The van der Waals surface area contributed by atoms with Gasteiger partial charge in [0.2, 0.25) is 5.91 Å². The molecular formula is C22H23N3O2. The summed E-state index contributed by atoms with van der Waals surface area (Å²) in [5.41, 5.74) is 2.78. The zero-order valence-corrected chi connectivity index (χ0v) is 15.3. The van der Waals surface area contributed by atoms with Gasteiger partial charge in [-0.05, 0) is 54.0 Å². The largest absolute Gasteiger partial charge is 0.494 e. The molecule has 0 spiro atoms. The normalized spacial score (nSPS) is 10.9. The summed E-state index contributed by atoms with van der Waals surface area (Å²) in [7, 11) is 0. The number of ether oxygens (including phenoxy) is 1. The number of hydrogen-bond acceptors (Lipinski definition) is 3. The van der Waals surface area contributed by atoms with Gasteiger partial charge in [0.1, 0.15) is 5.75 Å².